The maximum atomic E-state index is 10.7. The van der Waals surface area contributed by atoms with Gasteiger partial charge >= 0.3 is 0 Å². The summed E-state index contributed by atoms with van der Waals surface area (Å²) in [5.74, 6) is 0.754. The molecule has 0 aromatic heterocycles. The monoisotopic (exact) mass is 449 g/mol. The third-order valence-corrected chi connectivity index (χ3v) is 5.86. The van der Waals surface area contributed by atoms with Gasteiger partial charge in [-0.1, -0.05) is 54.4 Å². The van der Waals surface area contributed by atoms with Crippen molar-refractivity contribution < 1.29 is 9.84 Å². The highest BCUT2D eigenvalue weighted by molar-refractivity contribution is 6.41. The second kappa shape index (κ2) is 9.25. The average molecular weight is 451 g/mol. The Hall–Kier alpha value is -1.94. The SMILES string of the molecule is C=C(CC)c1ccc(OC/C(C(=N)c2c(Cl)cccc2Cl)=C(/O)C2CC2)cc1Cl. The van der Waals surface area contributed by atoms with Crippen molar-refractivity contribution >= 4 is 46.1 Å². The molecule has 0 aliphatic heterocycles. The van der Waals surface area contributed by atoms with E-state index in [1.807, 2.05) is 13.0 Å². The van der Waals surface area contributed by atoms with Crippen LogP contribution in [0.4, 0.5) is 0 Å². The Bertz CT molecular complexity index is 973. The molecule has 2 N–H and O–H groups in total. The molecule has 0 bridgehead atoms. The van der Waals surface area contributed by atoms with Crippen molar-refractivity contribution in [3.63, 3.8) is 0 Å². The van der Waals surface area contributed by atoms with Crippen LogP contribution in [-0.4, -0.2) is 17.4 Å². The summed E-state index contributed by atoms with van der Waals surface area (Å²) < 4.78 is 5.88. The van der Waals surface area contributed by atoms with Crippen molar-refractivity contribution in [1.82, 2.24) is 0 Å². The predicted molar refractivity (Wildman–Crippen MR) is 122 cm³/mol. The molecule has 0 unspecified atom stereocenters. The number of rotatable bonds is 8. The number of ether oxygens (including phenoxy) is 1. The van der Waals surface area contributed by atoms with E-state index in [0.29, 0.717) is 32.0 Å². The van der Waals surface area contributed by atoms with Crippen molar-refractivity contribution in [3.8, 4) is 5.75 Å². The number of benzene rings is 2. The highest BCUT2D eigenvalue weighted by Gasteiger charge is 2.31. The summed E-state index contributed by atoms with van der Waals surface area (Å²) in [6, 6.07) is 10.4. The van der Waals surface area contributed by atoms with E-state index < -0.39 is 0 Å². The van der Waals surface area contributed by atoms with E-state index in [-0.39, 0.29) is 24.0 Å². The van der Waals surface area contributed by atoms with E-state index in [1.165, 1.54) is 0 Å². The molecule has 1 fully saturated rings. The summed E-state index contributed by atoms with van der Waals surface area (Å²) in [6.45, 7) is 6.04. The minimum Gasteiger partial charge on any atom is -0.512 e. The maximum Gasteiger partial charge on any atom is 0.121 e. The van der Waals surface area contributed by atoms with E-state index >= 15 is 0 Å². The van der Waals surface area contributed by atoms with Gasteiger partial charge < -0.3 is 9.84 Å². The minimum absolute atomic E-state index is 0.00706. The van der Waals surface area contributed by atoms with E-state index in [0.717, 1.165) is 30.4 Å². The van der Waals surface area contributed by atoms with E-state index in [1.54, 1.807) is 30.3 Å². The van der Waals surface area contributed by atoms with Crippen LogP contribution < -0.4 is 4.74 Å². The fraction of sp³-hybridized carbons (Fsp3) is 0.261. The molecule has 0 amide bonds. The van der Waals surface area contributed by atoms with Gasteiger partial charge in [0.25, 0.3) is 0 Å². The fourth-order valence-electron chi connectivity index (χ4n) is 2.98. The highest BCUT2D eigenvalue weighted by Crippen LogP contribution is 2.38. The lowest BCUT2D eigenvalue weighted by atomic mass is 10.00. The molecule has 0 saturated heterocycles. The van der Waals surface area contributed by atoms with Crippen LogP contribution in [0.5, 0.6) is 5.75 Å². The topological polar surface area (TPSA) is 53.3 Å². The molecule has 3 nitrogen and oxygen atoms in total. The molecule has 0 atom stereocenters. The van der Waals surface area contributed by atoms with Crippen molar-refractivity contribution in [3.05, 3.63) is 80.5 Å². The lowest BCUT2D eigenvalue weighted by Gasteiger charge is -2.16. The number of aliphatic hydroxyl groups is 1. The predicted octanol–water partition coefficient (Wildman–Crippen LogP) is 7.74. The fourth-order valence-corrected chi connectivity index (χ4v) is 3.87. The third-order valence-electron chi connectivity index (χ3n) is 4.92. The molecular weight excluding hydrogens is 429 g/mol. The van der Waals surface area contributed by atoms with Gasteiger partial charge in [-0.3, -0.25) is 5.41 Å². The Balaban J connectivity index is 1.87. The summed E-state index contributed by atoms with van der Waals surface area (Å²) in [7, 11) is 0. The van der Waals surface area contributed by atoms with Crippen LogP contribution in [0.15, 0.2) is 54.3 Å². The molecule has 1 aliphatic carbocycles. The lowest BCUT2D eigenvalue weighted by Crippen LogP contribution is -2.16. The number of hydrogen-bond acceptors (Lipinski definition) is 3. The van der Waals surface area contributed by atoms with E-state index in [2.05, 4.69) is 6.58 Å². The number of nitrogens with one attached hydrogen (secondary N) is 1. The Morgan fingerprint density at radius 2 is 1.79 bits per heavy atom. The second-order valence-electron chi connectivity index (χ2n) is 7.00. The molecule has 152 valence electrons. The molecule has 1 aliphatic rings. The Kier molecular flexibility index (Phi) is 6.94. The first-order valence-corrected chi connectivity index (χ1v) is 10.5. The Labute approximate surface area is 186 Å². The van der Waals surface area contributed by atoms with Crippen LogP contribution in [-0.2, 0) is 0 Å². The van der Waals surface area contributed by atoms with Crippen LogP contribution in [0.3, 0.4) is 0 Å². The summed E-state index contributed by atoms with van der Waals surface area (Å²) >= 11 is 18.9. The zero-order chi connectivity index (χ0) is 21.1. The van der Waals surface area contributed by atoms with Crippen molar-refractivity contribution in [2.45, 2.75) is 26.2 Å². The Morgan fingerprint density at radius 3 is 2.34 bits per heavy atom. The van der Waals surface area contributed by atoms with Crippen LogP contribution in [0.25, 0.3) is 5.57 Å². The van der Waals surface area contributed by atoms with Gasteiger partial charge in [0, 0.05) is 11.5 Å². The zero-order valence-corrected chi connectivity index (χ0v) is 18.3. The number of aliphatic hydroxyl groups excluding tert-OH is 1. The van der Waals surface area contributed by atoms with Gasteiger partial charge in [0.15, 0.2) is 0 Å². The molecule has 2 aromatic rings. The highest BCUT2D eigenvalue weighted by atomic mass is 35.5. The number of hydrogen-bond donors (Lipinski definition) is 2. The first-order valence-electron chi connectivity index (χ1n) is 9.39. The third kappa shape index (κ3) is 4.98. The van der Waals surface area contributed by atoms with Crippen LogP contribution in [0, 0.1) is 11.3 Å². The molecule has 0 radical (unpaired) electrons. The van der Waals surface area contributed by atoms with Crippen molar-refractivity contribution in [1.29, 1.82) is 5.41 Å². The molecule has 6 heteroatoms. The largest absolute Gasteiger partial charge is 0.512 e. The van der Waals surface area contributed by atoms with E-state index in [4.69, 9.17) is 44.9 Å². The molecule has 0 spiro atoms. The van der Waals surface area contributed by atoms with Crippen molar-refractivity contribution in [2.24, 2.45) is 5.92 Å². The van der Waals surface area contributed by atoms with E-state index in [9.17, 15) is 5.11 Å². The van der Waals surface area contributed by atoms with Crippen molar-refractivity contribution in [2.75, 3.05) is 6.61 Å². The van der Waals surface area contributed by atoms with Gasteiger partial charge in [0.1, 0.15) is 18.1 Å². The maximum absolute atomic E-state index is 10.7. The van der Waals surface area contributed by atoms with Gasteiger partial charge in [-0.25, -0.2) is 0 Å². The van der Waals surface area contributed by atoms with Crippen LogP contribution >= 0.6 is 34.8 Å². The van der Waals surface area contributed by atoms with Crippen LogP contribution in [0.2, 0.25) is 15.1 Å². The first-order chi connectivity index (χ1) is 13.8. The van der Waals surface area contributed by atoms with Gasteiger partial charge in [-0.15, -0.1) is 0 Å². The smallest absolute Gasteiger partial charge is 0.121 e. The zero-order valence-electron chi connectivity index (χ0n) is 16.1. The molecule has 3 rings (SSSR count). The standard InChI is InChI=1S/C23H22Cl3NO2/c1-3-13(2)16-10-9-15(11-20(16)26)29-12-17(23(28)14-7-8-14)22(27)21-18(24)5-4-6-19(21)25/h4-6,9-11,14,27-28H,2-3,7-8,12H2,1H3/b23-17-,27-22?. The Morgan fingerprint density at radius 1 is 1.14 bits per heavy atom. The molecule has 1 saturated carbocycles. The summed E-state index contributed by atoms with van der Waals surface area (Å²) in [5.41, 5.74) is 2.65. The van der Waals surface area contributed by atoms with Gasteiger partial charge in [0.2, 0.25) is 0 Å². The van der Waals surface area contributed by atoms with Gasteiger partial charge in [-0.2, -0.15) is 0 Å². The summed E-state index contributed by atoms with van der Waals surface area (Å²) in [5, 5.41) is 20.6. The van der Waals surface area contributed by atoms with Crippen LogP contribution in [0.1, 0.15) is 37.3 Å². The normalized spacial score (nSPS) is 14.3. The summed E-state index contributed by atoms with van der Waals surface area (Å²) in [6.07, 6.45) is 2.58. The first kappa shape index (κ1) is 21.8. The second-order valence-corrected chi connectivity index (χ2v) is 8.22. The average Bonchev–Trinajstić information content (AvgIpc) is 3.52. The minimum atomic E-state index is 0.00706. The molecule has 29 heavy (non-hydrogen) atoms. The lowest BCUT2D eigenvalue weighted by molar-refractivity contribution is 0.329. The number of halogens is 3. The molecule has 0 heterocycles. The van der Waals surface area contributed by atoms with Gasteiger partial charge in [-0.05, 0) is 60.7 Å². The summed E-state index contributed by atoms with van der Waals surface area (Å²) in [4.78, 5) is 0. The quantitative estimate of drug-likeness (QED) is 0.319. The molecule has 2 aromatic carbocycles. The number of allylic oxidation sites excluding steroid dienone is 2. The molecular formula is C23H22Cl3NO2. The van der Waals surface area contributed by atoms with Gasteiger partial charge in [0.05, 0.1) is 26.4 Å².